The summed E-state index contributed by atoms with van der Waals surface area (Å²) >= 11 is 0. The molecule has 1 atom stereocenters. The Kier molecular flexibility index (Phi) is 2.27. The first-order valence-corrected chi connectivity index (χ1v) is 4.81. The SMILES string of the molecule is COC(=O)C1CCn2cc(C)nc2C1. The summed E-state index contributed by atoms with van der Waals surface area (Å²) in [5.41, 5.74) is 1.02. The number of hydrogen-bond donors (Lipinski definition) is 0. The first-order valence-electron chi connectivity index (χ1n) is 4.81. The summed E-state index contributed by atoms with van der Waals surface area (Å²) in [6, 6.07) is 0. The summed E-state index contributed by atoms with van der Waals surface area (Å²) in [6.07, 6.45) is 3.60. The maximum atomic E-state index is 11.3. The number of ether oxygens (including phenoxy) is 1. The Bertz CT molecular complexity index is 357. The van der Waals surface area contributed by atoms with E-state index in [4.69, 9.17) is 4.74 Å². The summed E-state index contributed by atoms with van der Waals surface area (Å²) in [7, 11) is 1.44. The predicted octanol–water partition coefficient (Wildman–Crippen LogP) is 0.927. The maximum absolute atomic E-state index is 11.3. The number of carbonyl (C=O) groups is 1. The zero-order chi connectivity index (χ0) is 10.1. The third kappa shape index (κ3) is 1.52. The Morgan fingerprint density at radius 3 is 3.21 bits per heavy atom. The number of methoxy groups -OCH3 is 1. The molecule has 4 nitrogen and oxygen atoms in total. The van der Waals surface area contributed by atoms with Crippen molar-refractivity contribution in [3.63, 3.8) is 0 Å². The van der Waals surface area contributed by atoms with Gasteiger partial charge in [-0.25, -0.2) is 4.98 Å². The van der Waals surface area contributed by atoms with Gasteiger partial charge < -0.3 is 9.30 Å². The van der Waals surface area contributed by atoms with Crippen molar-refractivity contribution >= 4 is 5.97 Å². The lowest BCUT2D eigenvalue weighted by molar-refractivity contribution is -0.146. The van der Waals surface area contributed by atoms with E-state index in [-0.39, 0.29) is 11.9 Å². The normalized spacial score (nSPS) is 20.3. The lowest BCUT2D eigenvalue weighted by Gasteiger charge is -2.20. The molecule has 0 fully saturated rings. The number of hydrogen-bond acceptors (Lipinski definition) is 3. The van der Waals surface area contributed by atoms with Crippen LogP contribution in [0.3, 0.4) is 0 Å². The molecule has 1 unspecified atom stereocenters. The monoisotopic (exact) mass is 194 g/mol. The standard InChI is InChI=1S/C10H14N2O2/c1-7-6-12-4-3-8(10(13)14-2)5-9(12)11-7/h6,8H,3-5H2,1-2H3. The van der Waals surface area contributed by atoms with E-state index in [2.05, 4.69) is 9.55 Å². The van der Waals surface area contributed by atoms with Crippen LogP contribution in [0.1, 0.15) is 17.9 Å². The largest absolute Gasteiger partial charge is 0.469 e. The van der Waals surface area contributed by atoms with E-state index in [1.54, 1.807) is 0 Å². The van der Waals surface area contributed by atoms with E-state index >= 15 is 0 Å². The molecule has 0 bridgehead atoms. The van der Waals surface area contributed by atoms with E-state index < -0.39 is 0 Å². The number of carbonyl (C=O) groups excluding carboxylic acids is 1. The Hall–Kier alpha value is -1.32. The molecule has 0 aromatic carbocycles. The first kappa shape index (κ1) is 9.24. The van der Waals surface area contributed by atoms with Crippen LogP contribution in [0, 0.1) is 12.8 Å². The second-order valence-electron chi connectivity index (χ2n) is 3.70. The van der Waals surface area contributed by atoms with Gasteiger partial charge >= 0.3 is 5.97 Å². The van der Waals surface area contributed by atoms with Gasteiger partial charge in [-0.05, 0) is 13.3 Å². The second kappa shape index (κ2) is 3.44. The number of imidazole rings is 1. The summed E-state index contributed by atoms with van der Waals surface area (Å²) in [5, 5.41) is 0. The number of aryl methyl sites for hydroxylation is 2. The third-order valence-corrected chi connectivity index (χ3v) is 2.66. The molecule has 0 N–H and O–H groups in total. The van der Waals surface area contributed by atoms with Crippen molar-refractivity contribution < 1.29 is 9.53 Å². The summed E-state index contributed by atoms with van der Waals surface area (Å²) in [6.45, 7) is 2.84. The van der Waals surface area contributed by atoms with E-state index in [0.29, 0.717) is 6.42 Å². The minimum Gasteiger partial charge on any atom is -0.469 e. The molecule has 1 aliphatic heterocycles. The van der Waals surface area contributed by atoms with Crippen molar-refractivity contribution in [3.05, 3.63) is 17.7 Å². The van der Waals surface area contributed by atoms with Gasteiger partial charge in [-0.15, -0.1) is 0 Å². The van der Waals surface area contributed by atoms with Gasteiger partial charge in [-0.2, -0.15) is 0 Å². The van der Waals surface area contributed by atoms with Crippen molar-refractivity contribution in [2.45, 2.75) is 26.3 Å². The molecule has 0 amide bonds. The third-order valence-electron chi connectivity index (χ3n) is 2.66. The Morgan fingerprint density at radius 1 is 1.71 bits per heavy atom. The highest BCUT2D eigenvalue weighted by Gasteiger charge is 2.26. The molecule has 2 heterocycles. The Balaban J connectivity index is 2.16. The fourth-order valence-corrected chi connectivity index (χ4v) is 1.94. The molecule has 1 aromatic rings. The highest BCUT2D eigenvalue weighted by Crippen LogP contribution is 2.20. The van der Waals surface area contributed by atoms with Gasteiger partial charge in [0.1, 0.15) is 5.82 Å². The van der Waals surface area contributed by atoms with Gasteiger partial charge in [0.15, 0.2) is 0 Å². The van der Waals surface area contributed by atoms with Crippen LogP contribution in [-0.2, 0) is 22.5 Å². The molecule has 1 aliphatic rings. The minimum atomic E-state index is -0.114. The smallest absolute Gasteiger partial charge is 0.309 e. The van der Waals surface area contributed by atoms with E-state index in [9.17, 15) is 4.79 Å². The van der Waals surface area contributed by atoms with Crippen molar-refractivity contribution in [2.75, 3.05) is 7.11 Å². The molecule has 0 saturated carbocycles. The predicted molar refractivity (Wildman–Crippen MR) is 50.8 cm³/mol. The number of rotatable bonds is 1. The van der Waals surface area contributed by atoms with Crippen LogP contribution in [0.4, 0.5) is 0 Å². The molecule has 0 spiro atoms. The van der Waals surface area contributed by atoms with Crippen molar-refractivity contribution in [3.8, 4) is 0 Å². The quantitative estimate of drug-likeness (QED) is 0.624. The van der Waals surface area contributed by atoms with Crippen LogP contribution in [0.15, 0.2) is 6.20 Å². The number of nitrogens with zero attached hydrogens (tertiary/aromatic N) is 2. The van der Waals surface area contributed by atoms with E-state index in [0.717, 1.165) is 24.5 Å². The van der Waals surface area contributed by atoms with Gasteiger partial charge in [-0.1, -0.05) is 0 Å². The molecule has 76 valence electrons. The summed E-state index contributed by atoms with van der Waals surface area (Å²) in [5.74, 6) is 0.885. The van der Waals surface area contributed by atoms with Crippen molar-refractivity contribution in [1.29, 1.82) is 0 Å². The molecule has 2 rings (SSSR count). The molecule has 0 saturated heterocycles. The van der Waals surface area contributed by atoms with Crippen LogP contribution in [0.25, 0.3) is 0 Å². The van der Waals surface area contributed by atoms with Crippen molar-refractivity contribution in [2.24, 2.45) is 5.92 Å². The van der Waals surface area contributed by atoms with Gasteiger partial charge in [0.05, 0.1) is 18.7 Å². The van der Waals surface area contributed by atoms with Crippen LogP contribution in [0.2, 0.25) is 0 Å². The molecular weight excluding hydrogens is 180 g/mol. The highest BCUT2D eigenvalue weighted by molar-refractivity contribution is 5.72. The molecular formula is C10H14N2O2. The molecule has 4 heteroatoms. The zero-order valence-corrected chi connectivity index (χ0v) is 8.49. The average molecular weight is 194 g/mol. The Labute approximate surface area is 82.9 Å². The van der Waals surface area contributed by atoms with Crippen LogP contribution in [0.5, 0.6) is 0 Å². The molecule has 14 heavy (non-hydrogen) atoms. The molecule has 0 radical (unpaired) electrons. The molecule has 0 aliphatic carbocycles. The van der Waals surface area contributed by atoms with Crippen LogP contribution < -0.4 is 0 Å². The van der Waals surface area contributed by atoms with E-state index in [1.165, 1.54) is 7.11 Å². The highest BCUT2D eigenvalue weighted by atomic mass is 16.5. The average Bonchev–Trinajstić information content (AvgIpc) is 2.55. The number of aromatic nitrogens is 2. The van der Waals surface area contributed by atoms with Gasteiger partial charge in [0.2, 0.25) is 0 Å². The number of fused-ring (bicyclic) bond motifs is 1. The van der Waals surface area contributed by atoms with Crippen molar-refractivity contribution in [1.82, 2.24) is 9.55 Å². The lowest BCUT2D eigenvalue weighted by Crippen LogP contribution is -2.26. The molecule has 1 aromatic heterocycles. The van der Waals surface area contributed by atoms with Gasteiger partial charge in [0, 0.05) is 19.2 Å². The number of esters is 1. The maximum Gasteiger partial charge on any atom is 0.309 e. The first-order chi connectivity index (χ1) is 6.70. The Morgan fingerprint density at radius 2 is 2.50 bits per heavy atom. The lowest BCUT2D eigenvalue weighted by atomic mass is 9.98. The van der Waals surface area contributed by atoms with Crippen LogP contribution in [-0.4, -0.2) is 22.6 Å². The summed E-state index contributed by atoms with van der Waals surface area (Å²) < 4.78 is 6.86. The minimum absolute atomic E-state index is 0.00528. The van der Waals surface area contributed by atoms with Crippen LogP contribution >= 0.6 is 0 Å². The summed E-state index contributed by atoms with van der Waals surface area (Å²) in [4.78, 5) is 15.7. The second-order valence-corrected chi connectivity index (χ2v) is 3.70. The fraction of sp³-hybridized carbons (Fsp3) is 0.600. The topological polar surface area (TPSA) is 44.1 Å². The fourth-order valence-electron chi connectivity index (χ4n) is 1.94. The van der Waals surface area contributed by atoms with Gasteiger partial charge in [0.25, 0.3) is 0 Å². The van der Waals surface area contributed by atoms with E-state index in [1.807, 2.05) is 13.1 Å². The zero-order valence-electron chi connectivity index (χ0n) is 8.49. The van der Waals surface area contributed by atoms with Gasteiger partial charge in [-0.3, -0.25) is 4.79 Å².